The third-order valence-corrected chi connectivity index (χ3v) is 4.73. The Balaban J connectivity index is 1.67. The average molecular weight is 424 g/mol. The van der Waals surface area contributed by atoms with Gasteiger partial charge in [0.05, 0.1) is 12.3 Å². The number of hydrogen-bond donors (Lipinski definition) is 3. The van der Waals surface area contributed by atoms with Crippen LogP contribution in [0.25, 0.3) is 22.4 Å². The lowest BCUT2D eigenvalue weighted by atomic mass is 10.2. The highest BCUT2D eigenvalue weighted by atomic mass is 19.4. The summed E-state index contributed by atoms with van der Waals surface area (Å²) in [6, 6.07) is 2.28. The van der Waals surface area contributed by atoms with E-state index < -0.39 is 36.6 Å². The lowest BCUT2D eigenvalue weighted by Crippen LogP contribution is -2.46. The van der Waals surface area contributed by atoms with E-state index in [2.05, 4.69) is 19.9 Å². The van der Waals surface area contributed by atoms with Crippen molar-refractivity contribution in [3.63, 3.8) is 0 Å². The molecule has 3 N–H and O–H groups in total. The summed E-state index contributed by atoms with van der Waals surface area (Å²) in [5.74, 6) is -1.97. The zero-order valence-corrected chi connectivity index (χ0v) is 15.3. The van der Waals surface area contributed by atoms with E-state index >= 15 is 0 Å². The third kappa shape index (κ3) is 3.90. The van der Waals surface area contributed by atoms with Gasteiger partial charge in [-0.15, -0.1) is 0 Å². The van der Waals surface area contributed by atoms with Gasteiger partial charge in [-0.2, -0.15) is 13.2 Å². The van der Waals surface area contributed by atoms with Crippen LogP contribution in [0, 0.1) is 5.82 Å². The number of amides is 1. The monoisotopic (exact) mass is 424 g/mol. The SMILES string of the molecule is O=C(NCC(F)(F)F)[C@H]1C[C@H](O)CN1c1nc(-c2c[nH]c3ncccc23)ncc1F. The first-order valence-electron chi connectivity index (χ1n) is 8.97. The van der Waals surface area contributed by atoms with Gasteiger partial charge in [-0.3, -0.25) is 4.79 Å². The molecule has 0 aromatic carbocycles. The van der Waals surface area contributed by atoms with Crippen LogP contribution in [-0.4, -0.2) is 62.4 Å². The number of β-amino-alcohol motifs (C(OH)–C–C–N with tert-alkyl or cyclic N) is 1. The molecule has 8 nitrogen and oxygen atoms in total. The van der Waals surface area contributed by atoms with Crippen molar-refractivity contribution < 1.29 is 27.5 Å². The summed E-state index contributed by atoms with van der Waals surface area (Å²) in [6.45, 7) is -1.68. The van der Waals surface area contributed by atoms with Crippen LogP contribution in [-0.2, 0) is 4.79 Å². The van der Waals surface area contributed by atoms with Crippen LogP contribution < -0.4 is 10.2 Å². The molecule has 0 bridgehead atoms. The van der Waals surface area contributed by atoms with Crippen LogP contribution in [0.3, 0.4) is 0 Å². The van der Waals surface area contributed by atoms with Crippen molar-refractivity contribution in [2.45, 2.75) is 24.7 Å². The molecule has 4 heterocycles. The van der Waals surface area contributed by atoms with Gasteiger partial charge in [0.25, 0.3) is 0 Å². The van der Waals surface area contributed by atoms with Crippen molar-refractivity contribution >= 4 is 22.8 Å². The molecule has 2 atom stereocenters. The summed E-state index contributed by atoms with van der Waals surface area (Å²) in [7, 11) is 0. The molecule has 1 amide bonds. The Morgan fingerprint density at radius 3 is 2.93 bits per heavy atom. The maximum absolute atomic E-state index is 14.5. The molecular formula is C18H16F4N6O2. The van der Waals surface area contributed by atoms with Gasteiger partial charge in [0.1, 0.15) is 18.2 Å². The highest BCUT2D eigenvalue weighted by Gasteiger charge is 2.39. The first-order valence-corrected chi connectivity index (χ1v) is 8.97. The number of halogens is 4. The standard InChI is InChI=1S/C18H16F4N6O2/c19-12-6-25-15(11-5-24-14-10(11)2-1-3-23-14)27-16(12)28-7-9(29)4-13(28)17(30)26-8-18(20,21)22/h1-3,5-6,9,13,29H,4,7-8H2,(H,23,24)(H,26,30)/t9-,13+/m0/s1. The van der Waals surface area contributed by atoms with E-state index in [0.717, 1.165) is 11.1 Å². The lowest BCUT2D eigenvalue weighted by molar-refractivity contribution is -0.139. The number of carbonyl (C=O) groups is 1. The van der Waals surface area contributed by atoms with Gasteiger partial charge in [0.2, 0.25) is 5.91 Å². The first-order chi connectivity index (χ1) is 14.2. The molecule has 3 aromatic rings. The molecule has 12 heteroatoms. The van der Waals surface area contributed by atoms with Gasteiger partial charge in [0.15, 0.2) is 17.5 Å². The largest absolute Gasteiger partial charge is 0.405 e. The summed E-state index contributed by atoms with van der Waals surface area (Å²) >= 11 is 0. The number of anilines is 1. The second-order valence-electron chi connectivity index (χ2n) is 6.86. The molecule has 0 spiro atoms. The predicted octanol–water partition coefficient (Wildman–Crippen LogP) is 1.78. The number of pyridine rings is 1. The number of aliphatic hydroxyl groups is 1. The van der Waals surface area contributed by atoms with Crippen molar-refractivity contribution in [2.75, 3.05) is 18.0 Å². The number of nitrogens with one attached hydrogen (secondary N) is 2. The van der Waals surface area contributed by atoms with Gasteiger partial charge in [-0.05, 0) is 12.1 Å². The fourth-order valence-corrected chi connectivity index (χ4v) is 3.43. The van der Waals surface area contributed by atoms with Crippen LogP contribution in [0.2, 0.25) is 0 Å². The number of rotatable bonds is 4. The van der Waals surface area contributed by atoms with Crippen LogP contribution >= 0.6 is 0 Å². The minimum atomic E-state index is -4.59. The van der Waals surface area contributed by atoms with Gasteiger partial charge < -0.3 is 20.3 Å². The molecule has 3 aromatic heterocycles. The number of carbonyl (C=O) groups excluding carboxylic acids is 1. The number of nitrogens with zero attached hydrogens (tertiary/aromatic N) is 4. The molecule has 158 valence electrons. The van der Waals surface area contributed by atoms with Crippen molar-refractivity contribution in [3.05, 3.63) is 36.5 Å². The predicted molar refractivity (Wildman–Crippen MR) is 97.9 cm³/mol. The highest BCUT2D eigenvalue weighted by Crippen LogP contribution is 2.30. The van der Waals surface area contributed by atoms with Crippen LogP contribution in [0.1, 0.15) is 6.42 Å². The normalized spacial score (nSPS) is 19.4. The van der Waals surface area contributed by atoms with Gasteiger partial charge in [-0.25, -0.2) is 19.3 Å². The van der Waals surface area contributed by atoms with E-state index in [4.69, 9.17) is 0 Å². The van der Waals surface area contributed by atoms with Crippen molar-refractivity contribution in [1.82, 2.24) is 25.3 Å². The summed E-state index contributed by atoms with van der Waals surface area (Å²) in [5.41, 5.74) is 1.11. The number of fused-ring (bicyclic) bond motifs is 1. The van der Waals surface area contributed by atoms with E-state index in [1.165, 1.54) is 0 Å². The van der Waals surface area contributed by atoms with Gasteiger partial charge >= 0.3 is 6.18 Å². The number of aliphatic hydroxyl groups excluding tert-OH is 1. The second-order valence-corrected chi connectivity index (χ2v) is 6.86. The zero-order chi connectivity index (χ0) is 21.5. The van der Waals surface area contributed by atoms with Gasteiger partial charge in [0, 0.05) is 36.3 Å². The first kappa shape index (κ1) is 20.0. The second kappa shape index (κ2) is 7.52. The molecule has 1 aliphatic heterocycles. The Morgan fingerprint density at radius 2 is 2.17 bits per heavy atom. The Kier molecular flexibility index (Phi) is 5.02. The highest BCUT2D eigenvalue weighted by molar-refractivity contribution is 5.91. The lowest BCUT2D eigenvalue weighted by Gasteiger charge is -2.25. The van der Waals surface area contributed by atoms with E-state index in [9.17, 15) is 27.5 Å². The molecule has 1 aliphatic rings. The van der Waals surface area contributed by atoms with E-state index in [0.29, 0.717) is 16.6 Å². The minimum absolute atomic E-state index is 0.140. The molecule has 0 unspecified atom stereocenters. The topological polar surface area (TPSA) is 107 Å². The average Bonchev–Trinajstić information content (AvgIpc) is 3.30. The van der Waals surface area contributed by atoms with E-state index in [1.54, 1.807) is 29.8 Å². The fraction of sp³-hybridized carbons (Fsp3) is 0.333. The summed E-state index contributed by atoms with van der Waals surface area (Å²) in [4.78, 5) is 28.7. The van der Waals surface area contributed by atoms with E-state index in [1.807, 2.05) is 0 Å². The molecule has 0 aliphatic carbocycles. The summed E-state index contributed by atoms with van der Waals surface area (Å²) < 4.78 is 51.8. The van der Waals surface area contributed by atoms with Gasteiger partial charge in [-0.1, -0.05) is 0 Å². The van der Waals surface area contributed by atoms with Crippen molar-refractivity contribution in [3.8, 4) is 11.4 Å². The quantitative estimate of drug-likeness (QED) is 0.552. The molecule has 4 rings (SSSR count). The Hall–Kier alpha value is -3.28. The number of aromatic amines is 1. The maximum atomic E-state index is 14.5. The maximum Gasteiger partial charge on any atom is 0.405 e. The molecule has 1 saturated heterocycles. The molecule has 0 radical (unpaired) electrons. The number of H-pyrrole nitrogens is 1. The summed E-state index contributed by atoms with van der Waals surface area (Å²) in [6.07, 6.45) is -1.66. The van der Waals surface area contributed by atoms with Crippen LogP contribution in [0.4, 0.5) is 23.4 Å². The Morgan fingerprint density at radius 1 is 1.37 bits per heavy atom. The Labute approximate surface area is 167 Å². The molecular weight excluding hydrogens is 408 g/mol. The van der Waals surface area contributed by atoms with Crippen molar-refractivity contribution in [2.24, 2.45) is 0 Å². The summed E-state index contributed by atoms with van der Waals surface area (Å²) in [5, 5.41) is 12.4. The smallest absolute Gasteiger partial charge is 0.391 e. The number of hydrogen-bond acceptors (Lipinski definition) is 6. The zero-order valence-electron chi connectivity index (χ0n) is 15.3. The van der Waals surface area contributed by atoms with E-state index in [-0.39, 0.29) is 24.6 Å². The molecule has 1 fully saturated rings. The minimum Gasteiger partial charge on any atom is -0.391 e. The molecule has 30 heavy (non-hydrogen) atoms. The van der Waals surface area contributed by atoms with Crippen LogP contribution in [0.5, 0.6) is 0 Å². The number of aromatic nitrogens is 4. The number of alkyl halides is 3. The fourth-order valence-electron chi connectivity index (χ4n) is 3.43. The van der Waals surface area contributed by atoms with Crippen molar-refractivity contribution in [1.29, 1.82) is 0 Å². The van der Waals surface area contributed by atoms with Crippen LogP contribution in [0.15, 0.2) is 30.7 Å². The third-order valence-electron chi connectivity index (χ3n) is 4.73. The molecule has 0 saturated carbocycles. The Bertz CT molecular complexity index is 1090.